The second kappa shape index (κ2) is 15.8. The zero-order chi connectivity index (χ0) is 8.41. The molecule has 0 aromatic carbocycles. The van der Waals surface area contributed by atoms with Crippen molar-refractivity contribution in [2.45, 2.75) is 0 Å². The number of hydrogen-bond acceptors (Lipinski definition) is 2. The van der Waals surface area contributed by atoms with Crippen LogP contribution in [0.25, 0.3) is 0 Å². The van der Waals surface area contributed by atoms with Gasteiger partial charge in [0.25, 0.3) is 0 Å². The van der Waals surface area contributed by atoms with Crippen LogP contribution in [0.1, 0.15) is 0 Å². The smallest absolute Gasteiger partial charge is 0.327 e. The van der Waals surface area contributed by atoms with E-state index in [4.69, 9.17) is 5.11 Å². The van der Waals surface area contributed by atoms with Crippen molar-refractivity contribution in [1.82, 2.24) is 0 Å². The highest BCUT2D eigenvalue weighted by molar-refractivity contribution is 5.78. The van der Waals surface area contributed by atoms with E-state index in [0.717, 1.165) is 6.08 Å². The predicted octanol–water partition coefficient (Wildman–Crippen LogP) is 0.722. The van der Waals surface area contributed by atoms with Crippen LogP contribution in [0.3, 0.4) is 0 Å². The number of aliphatic carboxylic acids is 1. The lowest BCUT2D eigenvalue weighted by molar-refractivity contribution is -0.131. The monoisotopic (exact) mass is 160 g/mol. The summed E-state index contributed by atoms with van der Waals surface area (Å²) in [4.78, 5) is 9.25. The van der Waals surface area contributed by atoms with E-state index in [1.54, 1.807) is 0 Å². The first-order chi connectivity index (χ1) is 4.68. The van der Waals surface area contributed by atoms with Crippen LogP contribution in [-0.2, 0) is 9.53 Å². The highest BCUT2D eigenvalue weighted by atomic mass is 16.5. The summed E-state index contributed by atoms with van der Waals surface area (Å²) in [6.07, 6.45) is 3.46. The van der Waals surface area contributed by atoms with Gasteiger partial charge in [-0.1, -0.05) is 19.7 Å². The summed E-state index contributed by atoms with van der Waals surface area (Å²) < 4.78 is 4.36. The van der Waals surface area contributed by atoms with Gasteiger partial charge in [-0.3, -0.25) is 0 Å². The molecular formula is C7H12O4. The van der Waals surface area contributed by atoms with Crippen LogP contribution in [0.2, 0.25) is 0 Å². The van der Waals surface area contributed by atoms with Gasteiger partial charge in [0.2, 0.25) is 0 Å². The number of rotatable bonds is 3. The van der Waals surface area contributed by atoms with Gasteiger partial charge in [-0.15, -0.1) is 0 Å². The van der Waals surface area contributed by atoms with Crippen molar-refractivity contribution < 1.29 is 20.1 Å². The molecule has 3 N–H and O–H groups in total. The van der Waals surface area contributed by atoms with Crippen LogP contribution in [0.4, 0.5) is 0 Å². The molecule has 0 bridgehead atoms. The first-order valence-electron chi connectivity index (χ1n) is 2.41. The van der Waals surface area contributed by atoms with Crippen LogP contribution >= 0.6 is 0 Å². The number of carbonyl (C=O) groups is 1. The minimum Gasteiger partial charge on any atom is -0.478 e. The Labute approximate surface area is 65.4 Å². The van der Waals surface area contributed by atoms with Gasteiger partial charge in [0.15, 0.2) is 0 Å². The lowest BCUT2D eigenvalue weighted by Gasteiger charge is -1.76. The van der Waals surface area contributed by atoms with E-state index >= 15 is 0 Å². The molecule has 0 rings (SSSR count). The molecule has 4 nitrogen and oxygen atoms in total. The third-order valence-corrected chi connectivity index (χ3v) is 0.367. The third kappa shape index (κ3) is 58.6. The van der Waals surface area contributed by atoms with Crippen molar-refractivity contribution in [2.24, 2.45) is 0 Å². The van der Waals surface area contributed by atoms with E-state index in [-0.39, 0.29) is 5.48 Å². The average molecular weight is 160 g/mol. The largest absolute Gasteiger partial charge is 0.478 e. The van der Waals surface area contributed by atoms with E-state index in [1.807, 2.05) is 0 Å². The molecule has 0 heterocycles. The summed E-state index contributed by atoms with van der Waals surface area (Å²) in [5.74, 6) is -0.981. The van der Waals surface area contributed by atoms with Gasteiger partial charge >= 0.3 is 5.97 Å². The van der Waals surface area contributed by atoms with Gasteiger partial charge < -0.3 is 15.3 Å². The van der Waals surface area contributed by atoms with E-state index in [9.17, 15) is 4.79 Å². The Morgan fingerprint density at radius 3 is 1.55 bits per heavy atom. The van der Waals surface area contributed by atoms with Crippen molar-refractivity contribution >= 4 is 5.97 Å². The number of carboxylic acid groups (broad SMARTS) is 1. The standard InChI is InChI=1S/C4H6O.C3H4O2.H2O/c1-3-5-4-2;1-2-3(4)5;/h3-4H,1-2H2;2H,1H2,(H,4,5);1H2. The van der Waals surface area contributed by atoms with Crippen LogP contribution in [0.5, 0.6) is 0 Å². The molecule has 0 aliphatic heterocycles. The first kappa shape index (κ1) is 16.2. The zero-order valence-electron chi connectivity index (χ0n) is 6.12. The molecule has 0 atom stereocenters. The van der Waals surface area contributed by atoms with Crippen LogP contribution < -0.4 is 0 Å². The maximum absolute atomic E-state index is 9.25. The molecule has 0 aliphatic rings. The number of carboxylic acids is 1. The SMILES string of the molecule is C=CC(=O)O.C=COC=C.O. The Hall–Kier alpha value is -1.55. The van der Waals surface area contributed by atoms with Gasteiger partial charge in [0.1, 0.15) is 0 Å². The van der Waals surface area contributed by atoms with Crippen molar-refractivity contribution in [3.63, 3.8) is 0 Å². The quantitative estimate of drug-likeness (QED) is 0.488. The number of ether oxygens (including phenoxy) is 1. The summed E-state index contributed by atoms with van der Waals surface area (Å²) in [6.45, 7) is 9.47. The molecule has 0 aromatic heterocycles. The van der Waals surface area contributed by atoms with E-state index < -0.39 is 5.97 Å². The lowest BCUT2D eigenvalue weighted by Crippen LogP contribution is -1.82. The van der Waals surface area contributed by atoms with Crippen molar-refractivity contribution in [3.05, 3.63) is 38.3 Å². The predicted molar refractivity (Wildman–Crippen MR) is 42.9 cm³/mol. The highest BCUT2D eigenvalue weighted by Crippen LogP contribution is 1.65. The van der Waals surface area contributed by atoms with Gasteiger partial charge in [-0.25, -0.2) is 4.79 Å². The van der Waals surface area contributed by atoms with E-state index in [1.165, 1.54) is 12.5 Å². The molecule has 4 heteroatoms. The normalized spacial score (nSPS) is 5.45. The molecule has 0 spiro atoms. The minimum atomic E-state index is -0.981. The molecule has 0 aliphatic carbocycles. The fourth-order valence-electron chi connectivity index (χ4n) is 0.0680. The van der Waals surface area contributed by atoms with E-state index in [2.05, 4.69) is 24.5 Å². The maximum Gasteiger partial charge on any atom is 0.327 e. The molecule has 0 unspecified atom stereocenters. The maximum atomic E-state index is 9.25. The van der Waals surface area contributed by atoms with Crippen LogP contribution in [0, 0.1) is 0 Å². The summed E-state index contributed by atoms with van der Waals surface area (Å²) >= 11 is 0. The molecule has 0 aromatic rings. The highest BCUT2D eigenvalue weighted by Gasteiger charge is 1.73. The van der Waals surface area contributed by atoms with Gasteiger partial charge in [0.05, 0.1) is 12.5 Å². The van der Waals surface area contributed by atoms with Gasteiger partial charge in [-0.05, 0) is 0 Å². The molecule has 11 heavy (non-hydrogen) atoms. The summed E-state index contributed by atoms with van der Waals surface area (Å²) in [5, 5.41) is 7.60. The summed E-state index contributed by atoms with van der Waals surface area (Å²) in [6, 6.07) is 0. The Balaban J connectivity index is -0.000000107. The average Bonchev–Trinajstić information content (AvgIpc) is 1.91. The van der Waals surface area contributed by atoms with Crippen LogP contribution in [-0.4, -0.2) is 16.6 Å². The fraction of sp³-hybridized carbons (Fsp3) is 0. The second-order valence-electron chi connectivity index (χ2n) is 1.01. The van der Waals surface area contributed by atoms with Crippen LogP contribution in [0.15, 0.2) is 38.3 Å². The van der Waals surface area contributed by atoms with Gasteiger partial charge in [-0.2, -0.15) is 0 Å². The second-order valence-corrected chi connectivity index (χ2v) is 1.01. The Morgan fingerprint density at radius 1 is 1.27 bits per heavy atom. The summed E-state index contributed by atoms with van der Waals surface area (Å²) in [5.41, 5.74) is 0. The van der Waals surface area contributed by atoms with E-state index in [0.29, 0.717) is 0 Å². The topological polar surface area (TPSA) is 78.0 Å². The molecule has 0 saturated heterocycles. The Morgan fingerprint density at radius 2 is 1.55 bits per heavy atom. The number of hydrogen-bond donors (Lipinski definition) is 1. The molecule has 0 amide bonds. The Kier molecular flexibility index (Phi) is 23.3. The molecule has 0 saturated carbocycles. The molecule has 0 fully saturated rings. The molecule has 0 radical (unpaired) electrons. The lowest BCUT2D eigenvalue weighted by atomic mass is 10.7. The first-order valence-corrected chi connectivity index (χ1v) is 2.41. The molecule has 64 valence electrons. The summed E-state index contributed by atoms with van der Waals surface area (Å²) in [7, 11) is 0. The van der Waals surface area contributed by atoms with Crippen molar-refractivity contribution in [2.75, 3.05) is 0 Å². The van der Waals surface area contributed by atoms with Gasteiger partial charge in [0, 0.05) is 6.08 Å². The van der Waals surface area contributed by atoms with Crippen molar-refractivity contribution in [1.29, 1.82) is 0 Å². The molecular weight excluding hydrogens is 148 g/mol. The Bertz CT molecular complexity index is 122. The van der Waals surface area contributed by atoms with Crippen molar-refractivity contribution in [3.8, 4) is 0 Å². The fourth-order valence-corrected chi connectivity index (χ4v) is 0.0680. The minimum absolute atomic E-state index is 0. The zero-order valence-corrected chi connectivity index (χ0v) is 6.12. The third-order valence-electron chi connectivity index (χ3n) is 0.367.